The maximum atomic E-state index is 8.69. The van der Waals surface area contributed by atoms with Crippen LogP contribution in [-0.2, 0) is 0 Å². The summed E-state index contributed by atoms with van der Waals surface area (Å²) in [6.45, 7) is -0.306. The van der Waals surface area contributed by atoms with Gasteiger partial charge in [-0.05, 0) is 0 Å². The van der Waals surface area contributed by atoms with Crippen LogP contribution in [0.15, 0.2) is 0 Å². The molecule has 4 heteroatoms. The zero-order valence-electron chi connectivity index (χ0n) is 4.24. The Balaban J connectivity index is 3.46. The number of hydrogen-bond acceptors (Lipinski definition) is 4. The summed E-state index contributed by atoms with van der Waals surface area (Å²) >= 11 is 8.39. The van der Waals surface area contributed by atoms with E-state index in [1.807, 2.05) is 0 Å². The number of aliphatic hydroxyl groups excluding tert-OH is 2. The normalized spacial score (nSPS) is 13.4. The molecular weight excluding hydrogens is 144 g/mol. The van der Waals surface area contributed by atoms with Crippen molar-refractivity contribution in [3.8, 4) is 0 Å². The van der Waals surface area contributed by atoms with Gasteiger partial charge in [0.05, 0.1) is 6.61 Å². The van der Waals surface area contributed by atoms with Gasteiger partial charge in [-0.15, -0.1) is 0 Å². The summed E-state index contributed by atoms with van der Waals surface area (Å²) in [7, 11) is 0. The number of thiocarbonyl (C=S) groups is 1. The summed E-state index contributed by atoms with van der Waals surface area (Å²) < 4.78 is 0. The van der Waals surface area contributed by atoms with E-state index in [4.69, 9.17) is 10.2 Å². The quantitative estimate of drug-likeness (QED) is 0.382. The van der Waals surface area contributed by atoms with Crippen LogP contribution in [-0.4, -0.2) is 33.5 Å². The molecule has 48 valence electrons. The van der Waals surface area contributed by atoms with Crippen molar-refractivity contribution in [3.05, 3.63) is 0 Å². The van der Waals surface area contributed by atoms with E-state index in [0.717, 1.165) is 0 Å². The molecule has 0 amide bonds. The second-order valence-corrected chi connectivity index (χ2v) is 2.16. The van der Waals surface area contributed by atoms with Crippen molar-refractivity contribution < 1.29 is 10.2 Å². The molecule has 0 fully saturated rings. The molecule has 0 rings (SSSR count). The summed E-state index contributed by atoms with van der Waals surface area (Å²) in [5.41, 5.74) is 0. The highest BCUT2D eigenvalue weighted by atomic mass is 32.1. The molecule has 0 heterocycles. The molecule has 0 spiro atoms. The van der Waals surface area contributed by atoms with E-state index in [0.29, 0.717) is 10.6 Å². The van der Waals surface area contributed by atoms with E-state index in [2.05, 4.69) is 24.8 Å². The van der Waals surface area contributed by atoms with Crippen LogP contribution in [0.4, 0.5) is 0 Å². The third-order valence-corrected chi connectivity index (χ3v) is 1.67. The average Bonchev–Trinajstić information content (AvgIpc) is 1.84. The van der Waals surface area contributed by atoms with Gasteiger partial charge in [-0.3, -0.25) is 0 Å². The van der Waals surface area contributed by atoms with Crippen molar-refractivity contribution in [1.29, 1.82) is 0 Å². The first-order valence-electron chi connectivity index (χ1n) is 2.15. The van der Waals surface area contributed by atoms with Crippen molar-refractivity contribution in [3.63, 3.8) is 0 Å². The van der Waals surface area contributed by atoms with Gasteiger partial charge in [-0.2, -0.15) is 12.6 Å². The van der Waals surface area contributed by atoms with E-state index in [1.54, 1.807) is 0 Å². The maximum Gasteiger partial charge on any atom is 0.109 e. The van der Waals surface area contributed by atoms with Crippen molar-refractivity contribution in [1.82, 2.24) is 0 Å². The van der Waals surface area contributed by atoms with Crippen LogP contribution < -0.4 is 0 Å². The molecule has 0 aliphatic heterocycles. The Labute approximate surface area is 58.9 Å². The van der Waals surface area contributed by atoms with Crippen LogP contribution in [0, 0.1) is 0 Å². The van der Waals surface area contributed by atoms with Gasteiger partial charge in [-0.25, -0.2) is 0 Å². The van der Waals surface area contributed by atoms with Gasteiger partial charge in [0.25, 0.3) is 0 Å². The number of hydrogen-bond donors (Lipinski definition) is 3. The molecule has 0 aromatic heterocycles. The van der Waals surface area contributed by atoms with Crippen molar-refractivity contribution >= 4 is 29.7 Å². The predicted molar refractivity (Wildman–Crippen MR) is 39.5 cm³/mol. The Bertz CT molecular complexity index is 84.1. The van der Waals surface area contributed by atoms with Crippen molar-refractivity contribution in [2.75, 3.05) is 12.4 Å². The molecule has 0 aromatic rings. The van der Waals surface area contributed by atoms with Gasteiger partial charge in [0.15, 0.2) is 0 Å². The minimum absolute atomic E-state index is 0.306. The molecule has 0 radical (unpaired) electrons. The van der Waals surface area contributed by atoms with Crippen LogP contribution in [0.1, 0.15) is 0 Å². The molecule has 0 aliphatic rings. The zero-order chi connectivity index (χ0) is 6.57. The molecule has 1 atom stereocenters. The van der Waals surface area contributed by atoms with Gasteiger partial charge in [0.1, 0.15) is 6.10 Å². The highest BCUT2D eigenvalue weighted by molar-refractivity contribution is 7.86. The largest absolute Gasteiger partial charge is 0.393 e. The monoisotopic (exact) mass is 152 g/mol. The summed E-state index contributed by atoms with van der Waals surface area (Å²) in [5, 5.41) is 17.0. The van der Waals surface area contributed by atoms with E-state index < -0.39 is 6.10 Å². The van der Waals surface area contributed by atoms with Crippen molar-refractivity contribution in [2.45, 2.75) is 6.10 Å². The van der Waals surface area contributed by atoms with E-state index in [1.165, 1.54) is 0 Å². The van der Waals surface area contributed by atoms with Crippen LogP contribution in [0.2, 0.25) is 0 Å². The number of aliphatic hydroxyl groups is 2. The lowest BCUT2D eigenvalue weighted by Crippen LogP contribution is -2.23. The van der Waals surface area contributed by atoms with E-state index in [9.17, 15) is 0 Å². The zero-order valence-corrected chi connectivity index (χ0v) is 5.95. The molecule has 2 nitrogen and oxygen atoms in total. The highest BCUT2D eigenvalue weighted by Crippen LogP contribution is 1.89. The lowest BCUT2D eigenvalue weighted by atomic mass is 10.3. The van der Waals surface area contributed by atoms with Gasteiger partial charge >= 0.3 is 0 Å². The predicted octanol–water partition coefficient (Wildman–Crippen LogP) is -0.361. The lowest BCUT2D eigenvalue weighted by Gasteiger charge is -2.03. The Hall–Kier alpha value is 0.360. The van der Waals surface area contributed by atoms with Crippen LogP contribution in [0.5, 0.6) is 0 Å². The second kappa shape index (κ2) is 4.26. The smallest absolute Gasteiger partial charge is 0.109 e. The fourth-order valence-electron chi connectivity index (χ4n) is 0.207. The van der Waals surface area contributed by atoms with Gasteiger partial charge in [-0.1, -0.05) is 12.2 Å². The Morgan fingerprint density at radius 1 is 1.75 bits per heavy atom. The number of rotatable bonds is 3. The van der Waals surface area contributed by atoms with Crippen LogP contribution in [0.25, 0.3) is 0 Å². The molecule has 0 aromatic carbocycles. The molecule has 0 aliphatic carbocycles. The first kappa shape index (κ1) is 8.36. The van der Waals surface area contributed by atoms with E-state index >= 15 is 0 Å². The minimum atomic E-state index is -0.873. The Morgan fingerprint density at radius 2 is 2.25 bits per heavy atom. The molecule has 0 saturated heterocycles. The second-order valence-electron chi connectivity index (χ2n) is 1.32. The minimum Gasteiger partial charge on any atom is -0.393 e. The maximum absolute atomic E-state index is 8.69. The third-order valence-electron chi connectivity index (χ3n) is 0.700. The van der Waals surface area contributed by atoms with Gasteiger partial charge in [0, 0.05) is 10.6 Å². The summed E-state index contributed by atoms with van der Waals surface area (Å²) in [6, 6.07) is 0. The fourth-order valence-corrected chi connectivity index (χ4v) is 0.492. The van der Waals surface area contributed by atoms with Gasteiger partial charge < -0.3 is 10.2 Å². The Morgan fingerprint density at radius 3 is 2.38 bits per heavy atom. The van der Waals surface area contributed by atoms with Crippen LogP contribution in [0.3, 0.4) is 0 Å². The Kier molecular flexibility index (Phi) is 4.45. The molecule has 0 unspecified atom stereocenters. The summed E-state index contributed by atoms with van der Waals surface area (Å²) in [5.74, 6) is 0.344. The highest BCUT2D eigenvalue weighted by Gasteiger charge is 2.05. The molecular formula is C4H8O2S2. The third kappa shape index (κ3) is 2.61. The molecule has 2 N–H and O–H groups in total. The van der Waals surface area contributed by atoms with Crippen molar-refractivity contribution in [2.24, 2.45) is 0 Å². The average molecular weight is 152 g/mol. The first-order chi connectivity index (χ1) is 3.72. The lowest BCUT2D eigenvalue weighted by molar-refractivity contribution is 0.146. The van der Waals surface area contributed by atoms with E-state index in [-0.39, 0.29) is 6.61 Å². The molecule has 8 heavy (non-hydrogen) atoms. The summed E-state index contributed by atoms with van der Waals surface area (Å²) in [6.07, 6.45) is -0.873. The molecule has 0 saturated carbocycles. The standard InChI is InChI=1S/C4H8O2S2/c5-1-3(6)4(8)2-7/h3,5-7H,1-2H2/t3-/m1/s1. The van der Waals surface area contributed by atoms with Crippen LogP contribution >= 0.6 is 24.8 Å². The topological polar surface area (TPSA) is 40.5 Å². The van der Waals surface area contributed by atoms with Gasteiger partial charge in [0.2, 0.25) is 0 Å². The first-order valence-corrected chi connectivity index (χ1v) is 3.19. The SMILES string of the molecule is OC[C@@H](O)C(=S)CS. The summed E-state index contributed by atoms with van der Waals surface area (Å²) in [4.78, 5) is 0.385. The fraction of sp³-hybridized carbons (Fsp3) is 0.750. The molecule has 0 bridgehead atoms. The number of thiol groups is 1.